The molecule has 2 heterocycles. The van der Waals surface area contributed by atoms with Crippen molar-refractivity contribution in [2.75, 3.05) is 0 Å². The average Bonchev–Trinajstić information content (AvgIpc) is 2.87. The summed E-state index contributed by atoms with van der Waals surface area (Å²) in [6.07, 6.45) is 0. The van der Waals surface area contributed by atoms with Gasteiger partial charge in [-0.25, -0.2) is 9.97 Å². The van der Waals surface area contributed by atoms with Crippen LogP contribution >= 0.6 is 22.7 Å². The van der Waals surface area contributed by atoms with Crippen LogP contribution in [0.3, 0.4) is 0 Å². The lowest BCUT2D eigenvalue weighted by Gasteiger charge is -2.00. The smallest absolute Gasteiger partial charge is 0.109 e. The number of thiazole rings is 2. The molecule has 6 heteroatoms. The van der Waals surface area contributed by atoms with Gasteiger partial charge in [-0.2, -0.15) is 0 Å². The molecular weight excluding hydrogens is 240 g/mol. The molecule has 0 amide bonds. The SMILES string of the molecule is CC(N)c1nc(CNCc2cscn2)cs1. The van der Waals surface area contributed by atoms with Crippen LogP contribution in [0.2, 0.25) is 0 Å². The number of nitrogens with zero attached hydrogens (tertiary/aromatic N) is 2. The molecule has 0 aliphatic heterocycles. The molecule has 0 aromatic carbocycles. The van der Waals surface area contributed by atoms with E-state index in [2.05, 4.69) is 15.3 Å². The van der Waals surface area contributed by atoms with E-state index >= 15 is 0 Å². The molecule has 0 aliphatic rings. The summed E-state index contributed by atoms with van der Waals surface area (Å²) in [5, 5.41) is 8.39. The summed E-state index contributed by atoms with van der Waals surface area (Å²) >= 11 is 3.23. The third-order valence-electron chi connectivity index (χ3n) is 2.05. The zero-order chi connectivity index (χ0) is 11.4. The van der Waals surface area contributed by atoms with E-state index in [0.717, 1.165) is 29.5 Å². The molecule has 0 spiro atoms. The highest BCUT2D eigenvalue weighted by Gasteiger charge is 2.05. The molecular formula is C10H14N4S2. The predicted octanol–water partition coefficient (Wildman–Crippen LogP) is 1.91. The summed E-state index contributed by atoms with van der Waals surface area (Å²) in [7, 11) is 0. The number of nitrogens with one attached hydrogen (secondary N) is 1. The van der Waals surface area contributed by atoms with Gasteiger partial charge < -0.3 is 11.1 Å². The second-order valence-corrected chi connectivity index (χ2v) is 5.16. The highest BCUT2D eigenvalue weighted by Crippen LogP contribution is 2.15. The fourth-order valence-electron chi connectivity index (χ4n) is 1.26. The molecule has 2 aromatic rings. The summed E-state index contributed by atoms with van der Waals surface area (Å²) in [5.74, 6) is 0. The number of aromatic nitrogens is 2. The van der Waals surface area contributed by atoms with Gasteiger partial charge in [-0.1, -0.05) is 0 Å². The van der Waals surface area contributed by atoms with Crippen molar-refractivity contribution in [3.8, 4) is 0 Å². The van der Waals surface area contributed by atoms with Crippen molar-refractivity contribution in [1.82, 2.24) is 15.3 Å². The number of hydrogen-bond acceptors (Lipinski definition) is 6. The molecule has 0 saturated heterocycles. The largest absolute Gasteiger partial charge is 0.322 e. The van der Waals surface area contributed by atoms with Gasteiger partial charge in [0.25, 0.3) is 0 Å². The number of rotatable bonds is 5. The Morgan fingerprint density at radius 3 is 2.81 bits per heavy atom. The summed E-state index contributed by atoms with van der Waals surface area (Å²) in [6.45, 7) is 3.50. The third kappa shape index (κ3) is 3.08. The van der Waals surface area contributed by atoms with E-state index < -0.39 is 0 Å². The van der Waals surface area contributed by atoms with E-state index in [1.807, 2.05) is 23.2 Å². The first-order chi connectivity index (χ1) is 7.75. The first-order valence-corrected chi connectivity index (χ1v) is 6.85. The Balaban J connectivity index is 1.81. The van der Waals surface area contributed by atoms with Gasteiger partial charge in [0.1, 0.15) is 5.01 Å². The van der Waals surface area contributed by atoms with Crippen LogP contribution in [0.5, 0.6) is 0 Å². The molecule has 0 radical (unpaired) electrons. The van der Waals surface area contributed by atoms with Gasteiger partial charge in [0, 0.05) is 23.8 Å². The van der Waals surface area contributed by atoms with Gasteiger partial charge in [0.15, 0.2) is 0 Å². The van der Waals surface area contributed by atoms with E-state index in [9.17, 15) is 0 Å². The van der Waals surface area contributed by atoms with E-state index in [-0.39, 0.29) is 6.04 Å². The first kappa shape index (κ1) is 11.7. The van der Waals surface area contributed by atoms with Crippen LogP contribution < -0.4 is 11.1 Å². The molecule has 0 bridgehead atoms. The Bertz CT molecular complexity index is 422. The van der Waals surface area contributed by atoms with Crippen molar-refractivity contribution in [2.45, 2.75) is 26.1 Å². The Kier molecular flexibility index (Phi) is 4.00. The monoisotopic (exact) mass is 254 g/mol. The summed E-state index contributed by atoms with van der Waals surface area (Å²) < 4.78 is 0. The highest BCUT2D eigenvalue weighted by molar-refractivity contribution is 7.09. The van der Waals surface area contributed by atoms with E-state index in [1.165, 1.54) is 0 Å². The van der Waals surface area contributed by atoms with Crippen LogP contribution in [-0.4, -0.2) is 9.97 Å². The van der Waals surface area contributed by atoms with Crippen molar-refractivity contribution >= 4 is 22.7 Å². The minimum Gasteiger partial charge on any atom is -0.322 e. The lowest BCUT2D eigenvalue weighted by atomic mass is 10.4. The van der Waals surface area contributed by atoms with E-state index in [0.29, 0.717) is 0 Å². The topological polar surface area (TPSA) is 63.8 Å². The first-order valence-electron chi connectivity index (χ1n) is 5.03. The highest BCUT2D eigenvalue weighted by atomic mass is 32.1. The van der Waals surface area contributed by atoms with Gasteiger partial charge in [0.2, 0.25) is 0 Å². The van der Waals surface area contributed by atoms with Crippen molar-refractivity contribution in [3.63, 3.8) is 0 Å². The van der Waals surface area contributed by atoms with Gasteiger partial charge in [-0.05, 0) is 6.92 Å². The molecule has 2 rings (SSSR count). The predicted molar refractivity (Wildman–Crippen MR) is 67.4 cm³/mol. The number of nitrogens with two attached hydrogens (primary N) is 1. The molecule has 0 fully saturated rings. The minimum atomic E-state index is 0.0253. The van der Waals surface area contributed by atoms with Crippen LogP contribution in [0.1, 0.15) is 29.4 Å². The zero-order valence-electron chi connectivity index (χ0n) is 9.01. The van der Waals surface area contributed by atoms with Gasteiger partial charge in [-0.3, -0.25) is 0 Å². The van der Waals surface area contributed by atoms with E-state index in [1.54, 1.807) is 22.7 Å². The summed E-state index contributed by atoms with van der Waals surface area (Å²) in [5.41, 5.74) is 9.72. The van der Waals surface area contributed by atoms with Crippen LogP contribution in [-0.2, 0) is 13.1 Å². The molecule has 0 aliphatic carbocycles. The maximum atomic E-state index is 5.75. The molecule has 86 valence electrons. The molecule has 1 unspecified atom stereocenters. The van der Waals surface area contributed by atoms with Crippen molar-refractivity contribution in [2.24, 2.45) is 5.73 Å². The fourth-order valence-corrected chi connectivity index (χ4v) is 2.59. The Hall–Kier alpha value is -0.820. The second-order valence-electron chi connectivity index (χ2n) is 3.55. The maximum Gasteiger partial charge on any atom is 0.109 e. The van der Waals surface area contributed by atoms with Crippen LogP contribution in [0.25, 0.3) is 0 Å². The lowest BCUT2D eigenvalue weighted by Crippen LogP contribution is -2.13. The van der Waals surface area contributed by atoms with Crippen LogP contribution in [0.15, 0.2) is 16.3 Å². The fraction of sp³-hybridized carbons (Fsp3) is 0.400. The zero-order valence-corrected chi connectivity index (χ0v) is 10.6. The molecule has 3 N–H and O–H groups in total. The van der Waals surface area contributed by atoms with E-state index in [4.69, 9.17) is 5.73 Å². The minimum absolute atomic E-state index is 0.0253. The number of hydrogen-bond donors (Lipinski definition) is 2. The second kappa shape index (κ2) is 5.49. The van der Waals surface area contributed by atoms with Gasteiger partial charge in [0.05, 0.1) is 22.9 Å². The Labute approximate surface area is 103 Å². The van der Waals surface area contributed by atoms with Crippen molar-refractivity contribution in [3.05, 3.63) is 32.7 Å². The molecule has 4 nitrogen and oxygen atoms in total. The van der Waals surface area contributed by atoms with Crippen molar-refractivity contribution in [1.29, 1.82) is 0 Å². The molecule has 16 heavy (non-hydrogen) atoms. The van der Waals surface area contributed by atoms with Gasteiger partial charge >= 0.3 is 0 Å². The summed E-state index contributed by atoms with van der Waals surface area (Å²) in [6, 6.07) is 0.0253. The normalized spacial score (nSPS) is 12.9. The molecule has 0 saturated carbocycles. The summed E-state index contributed by atoms with van der Waals surface area (Å²) in [4.78, 5) is 8.64. The van der Waals surface area contributed by atoms with Gasteiger partial charge in [-0.15, -0.1) is 22.7 Å². The Morgan fingerprint density at radius 2 is 2.19 bits per heavy atom. The standard InChI is InChI=1S/C10H14N4S2/c1-7(11)10-14-9(5-16-10)3-12-2-8-4-15-6-13-8/h4-7,12H,2-3,11H2,1H3. The molecule has 2 aromatic heterocycles. The molecule has 1 atom stereocenters. The third-order valence-corrected chi connectivity index (χ3v) is 3.78. The lowest BCUT2D eigenvalue weighted by molar-refractivity contribution is 0.668. The maximum absolute atomic E-state index is 5.75. The van der Waals surface area contributed by atoms with Crippen molar-refractivity contribution < 1.29 is 0 Å². The quantitative estimate of drug-likeness (QED) is 0.855. The Morgan fingerprint density at radius 1 is 1.38 bits per heavy atom. The van der Waals surface area contributed by atoms with Crippen LogP contribution in [0, 0.1) is 0 Å². The average molecular weight is 254 g/mol. The van der Waals surface area contributed by atoms with Crippen LogP contribution in [0.4, 0.5) is 0 Å².